The summed E-state index contributed by atoms with van der Waals surface area (Å²) in [6, 6.07) is 0. The van der Waals surface area contributed by atoms with Gasteiger partial charge in [-0.3, -0.25) is 14.0 Å². The molecule has 2 heterocycles. The van der Waals surface area contributed by atoms with Gasteiger partial charge in [0.15, 0.2) is 4.96 Å². The van der Waals surface area contributed by atoms with Crippen molar-refractivity contribution in [2.24, 2.45) is 0 Å². The largest absolute Gasteiger partial charge is 0.481 e. The van der Waals surface area contributed by atoms with Crippen LogP contribution in [0.1, 0.15) is 24.7 Å². The molecule has 21 heavy (non-hydrogen) atoms. The minimum absolute atomic E-state index is 0.103. The van der Waals surface area contributed by atoms with Crippen molar-refractivity contribution in [1.82, 2.24) is 14.7 Å². The SMILES string of the molecule is Cc1cn2c(CC(=O)NCC(C)(O)CC(=O)O)csc2n1. The zero-order chi connectivity index (χ0) is 15.6. The lowest BCUT2D eigenvalue weighted by Crippen LogP contribution is -2.42. The van der Waals surface area contributed by atoms with E-state index in [9.17, 15) is 14.7 Å². The number of hydrogen-bond donors (Lipinski definition) is 3. The molecular formula is C13H17N3O4S. The predicted octanol–water partition coefficient (Wildman–Crippen LogP) is 0.589. The first-order chi connectivity index (χ1) is 9.77. The molecule has 2 aromatic heterocycles. The van der Waals surface area contributed by atoms with Crippen molar-refractivity contribution >= 4 is 28.2 Å². The normalized spacial score (nSPS) is 14.0. The maximum Gasteiger partial charge on any atom is 0.306 e. The highest BCUT2D eigenvalue weighted by atomic mass is 32.1. The Morgan fingerprint density at radius 2 is 2.24 bits per heavy atom. The monoisotopic (exact) mass is 311 g/mol. The molecule has 1 amide bonds. The first-order valence-electron chi connectivity index (χ1n) is 6.40. The average molecular weight is 311 g/mol. The van der Waals surface area contributed by atoms with Crippen molar-refractivity contribution in [1.29, 1.82) is 0 Å². The Bertz CT molecular complexity index is 674. The van der Waals surface area contributed by atoms with Crippen LogP contribution in [0.2, 0.25) is 0 Å². The fourth-order valence-corrected chi connectivity index (χ4v) is 2.89. The second-order valence-electron chi connectivity index (χ2n) is 5.28. The molecule has 0 saturated carbocycles. The molecule has 0 aliphatic heterocycles. The maximum atomic E-state index is 11.9. The van der Waals surface area contributed by atoms with Crippen molar-refractivity contribution in [3.63, 3.8) is 0 Å². The molecular weight excluding hydrogens is 294 g/mol. The van der Waals surface area contributed by atoms with Crippen molar-refractivity contribution in [2.75, 3.05) is 6.54 Å². The van der Waals surface area contributed by atoms with Crippen LogP contribution in [0.3, 0.4) is 0 Å². The number of fused-ring (bicyclic) bond motifs is 1. The van der Waals surface area contributed by atoms with Crippen LogP contribution in [0.4, 0.5) is 0 Å². The van der Waals surface area contributed by atoms with Crippen molar-refractivity contribution in [2.45, 2.75) is 32.3 Å². The van der Waals surface area contributed by atoms with Gasteiger partial charge in [0.1, 0.15) is 0 Å². The van der Waals surface area contributed by atoms with Crippen LogP contribution >= 0.6 is 11.3 Å². The van der Waals surface area contributed by atoms with E-state index in [2.05, 4.69) is 10.3 Å². The Labute approximate surface area is 125 Å². The second kappa shape index (κ2) is 5.82. The third-order valence-electron chi connectivity index (χ3n) is 2.94. The second-order valence-corrected chi connectivity index (χ2v) is 6.12. The van der Waals surface area contributed by atoms with Crippen LogP contribution in [0.5, 0.6) is 0 Å². The average Bonchev–Trinajstić information content (AvgIpc) is 2.86. The Morgan fingerprint density at radius 3 is 2.90 bits per heavy atom. The number of carboxylic acids is 1. The molecule has 0 spiro atoms. The number of carboxylic acid groups (broad SMARTS) is 1. The summed E-state index contributed by atoms with van der Waals surface area (Å²) >= 11 is 1.45. The zero-order valence-electron chi connectivity index (χ0n) is 11.8. The van der Waals surface area contributed by atoms with Crippen molar-refractivity contribution in [3.8, 4) is 0 Å². The highest BCUT2D eigenvalue weighted by molar-refractivity contribution is 7.15. The van der Waals surface area contributed by atoms with Gasteiger partial charge in [-0.25, -0.2) is 4.98 Å². The fraction of sp³-hybridized carbons (Fsp3) is 0.462. The highest BCUT2D eigenvalue weighted by Crippen LogP contribution is 2.17. The molecule has 0 aliphatic rings. The van der Waals surface area contributed by atoms with Gasteiger partial charge in [0.25, 0.3) is 0 Å². The van der Waals surface area contributed by atoms with E-state index in [-0.39, 0.29) is 18.9 Å². The summed E-state index contributed by atoms with van der Waals surface area (Å²) in [5, 5.41) is 22.9. The molecule has 0 saturated heterocycles. The van der Waals surface area contributed by atoms with Gasteiger partial charge in [-0.1, -0.05) is 0 Å². The van der Waals surface area contributed by atoms with E-state index in [1.54, 1.807) is 0 Å². The first-order valence-corrected chi connectivity index (χ1v) is 7.28. The number of amides is 1. The number of carbonyl (C=O) groups is 2. The molecule has 1 atom stereocenters. The molecule has 0 bridgehead atoms. The summed E-state index contributed by atoms with van der Waals surface area (Å²) in [4.78, 5) is 27.6. The third-order valence-corrected chi connectivity index (χ3v) is 3.83. The number of aliphatic carboxylic acids is 1. The van der Waals surface area contributed by atoms with E-state index in [1.807, 2.05) is 22.9 Å². The number of nitrogens with zero attached hydrogens (tertiary/aromatic N) is 2. The Balaban J connectivity index is 1.94. The first kappa shape index (κ1) is 15.5. The van der Waals surface area contributed by atoms with Gasteiger partial charge in [0, 0.05) is 23.8 Å². The van der Waals surface area contributed by atoms with Gasteiger partial charge in [-0.2, -0.15) is 0 Å². The number of nitrogens with one attached hydrogen (secondary N) is 1. The Kier molecular flexibility index (Phi) is 4.29. The molecule has 2 rings (SSSR count). The van der Waals surface area contributed by atoms with Gasteiger partial charge in [-0.05, 0) is 13.8 Å². The lowest BCUT2D eigenvalue weighted by atomic mass is 10.0. The molecule has 0 fully saturated rings. The minimum Gasteiger partial charge on any atom is -0.481 e. The van der Waals surface area contributed by atoms with Crippen LogP contribution in [-0.2, 0) is 16.0 Å². The lowest BCUT2D eigenvalue weighted by molar-refractivity contribution is -0.142. The standard InChI is InChI=1S/C13H17N3O4S/c1-8-5-16-9(6-21-12(16)15-8)3-10(17)14-7-13(2,20)4-11(18)19/h5-6,20H,3-4,7H2,1-2H3,(H,14,17)(H,18,19). The van der Waals surface area contributed by atoms with E-state index < -0.39 is 18.0 Å². The van der Waals surface area contributed by atoms with Crippen LogP contribution in [0.25, 0.3) is 4.96 Å². The van der Waals surface area contributed by atoms with Gasteiger partial charge < -0.3 is 15.5 Å². The molecule has 0 radical (unpaired) electrons. The number of rotatable bonds is 6. The Hall–Kier alpha value is -1.93. The van der Waals surface area contributed by atoms with Gasteiger partial charge in [0.2, 0.25) is 5.91 Å². The molecule has 2 aromatic rings. The highest BCUT2D eigenvalue weighted by Gasteiger charge is 2.25. The number of imidazole rings is 1. The van der Waals surface area contributed by atoms with Crippen LogP contribution < -0.4 is 5.32 Å². The van der Waals surface area contributed by atoms with E-state index in [4.69, 9.17) is 5.11 Å². The third kappa shape index (κ3) is 4.02. The Morgan fingerprint density at radius 1 is 1.52 bits per heavy atom. The fourth-order valence-electron chi connectivity index (χ4n) is 1.97. The lowest BCUT2D eigenvalue weighted by Gasteiger charge is -2.21. The van der Waals surface area contributed by atoms with E-state index in [1.165, 1.54) is 18.3 Å². The number of aliphatic hydroxyl groups is 1. The van der Waals surface area contributed by atoms with Crippen LogP contribution in [-0.4, -0.2) is 43.6 Å². The maximum absolute atomic E-state index is 11.9. The molecule has 0 aliphatic carbocycles. The van der Waals surface area contributed by atoms with Gasteiger partial charge in [-0.15, -0.1) is 11.3 Å². The summed E-state index contributed by atoms with van der Waals surface area (Å²) in [6.45, 7) is 3.16. The van der Waals surface area contributed by atoms with Crippen molar-refractivity contribution in [3.05, 3.63) is 23.0 Å². The zero-order valence-corrected chi connectivity index (χ0v) is 12.6. The van der Waals surface area contributed by atoms with Gasteiger partial charge >= 0.3 is 5.97 Å². The summed E-state index contributed by atoms with van der Waals surface area (Å²) in [5.74, 6) is -1.38. The van der Waals surface area contributed by atoms with E-state index >= 15 is 0 Å². The minimum atomic E-state index is -1.46. The van der Waals surface area contributed by atoms with Gasteiger partial charge in [0.05, 0.1) is 24.1 Å². The topological polar surface area (TPSA) is 104 Å². The summed E-state index contributed by atoms with van der Waals surface area (Å²) in [5.41, 5.74) is 0.232. The van der Waals surface area contributed by atoms with Crippen LogP contribution in [0.15, 0.2) is 11.6 Å². The molecule has 1 unspecified atom stereocenters. The number of thiazole rings is 1. The summed E-state index contributed by atoms with van der Waals surface area (Å²) < 4.78 is 1.86. The number of carbonyl (C=O) groups excluding carboxylic acids is 1. The smallest absolute Gasteiger partial charge is 0.306 e. The quantitative estimate of drug-likeness (QED) is 0.724. The molecule has 114 valence electrons. The predicted molar refractivity (Wildman–Crippen MR) is 77.4 cm³/mol. The number of aromatic nitrogens is 2. The summed E-state index contributed by atoms with van der Waals surface area (Å²) in [7, 11) is 0. The van der Waals surface area contributed by atoms with E-state index in [0.717, 1.165) is 16.3 Å². The molecule has 0 aromatic carbocycles. The number of hydrogen-bond acceptors (Lipinski definition) is 5. The number of aryl methyl sites for hydroxylation is 1. The molecule has 3 N–H and O–H groups in total. The van der Waals surface area contributed by atoms with Crippen LogP contribution in [0, 0.1) is 6.92 Å². The molecule has 8 heteroatoms. The molecule has 7 nitrogen and oxygen atoms in total. The summed E-state index contributed by atoms with van der Waals surface area (Å²) in [6.07, 6.45) is 1.59. The van der Waals surface area contributed by atoms with E-state index in [0.29, 0.717) is 0 Å². The van der Waals surface area contributed by atoms with Crippen molar-refractivity contribution < 1.29 is 19.8 Å².